The molecule has 0 fully saturated rings. The summed E-state index contributed by atoms with van der Waals surface area (Å²) in [6.45, 7) is 4.12. The van der Waals surface area contributed by atoms with Gasteiger partial charge in [-0.05, 0) is 24.6 Å². The molecule has 0 aliphatic carbocycles. The number of hydrogen-bond donors (Lipinski definition) is 0. The van der Waals surface area contributed by atoms with Gasteiger partial charge in [-0.25, -0.2) is 4.21 Å². The minimum absolute atomic E-state index is 0.113. The van der Waals surface area contributed by atoms with Crippen molar-refractivity contribution in [2.45, 2.75) is 31.7 Å². The van der Waals surface area contributed by atoms with E-state index >= 15 is 0 Å². The van der Waals surface area contributed by atoms with Gasteiger partial charge in [0.15, 0.2) is 11.0 Å². The fourth-order valence-electron chi connectivity index (χ4n) is 1.95. The molecular formula is C17H19NO2S. The van der Waals surface area contributed by atoms with Gasteiger partial charge < -0.3 is 0 Å². The summed E-state index contributed by atoms with van der Waals surface area (Å²) >= 11 is 0. The molecule has 2 aromatic rings. The van der Waals surface area contributed by atoms with Crippen molar-refractivity contribution < 1.29 is 9.00 Å². The van der Waals surface area contributed by atoms with Crippen LogP contribution in [-0.4, -0.2) is 14.4 Å². The third-order valence-corrected chi connectivity index (χ3v) is 4.58. The lowest BCUT2D eigenvalue weighted by Gasteiger charge is -2.21. The van der Waals surface area contributed by atoms with E-state index in [1.807, 2.05) is 61.5 Å². The maximum absolute atomic E-state index is 12.7. The van der Waals surface area contributed by atoms with E-state index in [9.17, 15) is 9.00 Å². The van der Waals surface area contributed by atoms with Crippen molar-refractivity contribution >= 4 is 16.9 Å². The van der Waals surface area contributed by atoms with Gasteiger partial charge in [0.05, 0.1) is 11.4 Å². The molecule has 0 unspecified atom stereocenters. The minimum Gasteiger partial charge on any atom is -0.274 e. The Kier molecular flexibility index (Phi) is 5.28. The number of amides is 1. The summed E-state index contributed by atoms with van der Waals surface area (Å²) in [5, 5.41) is 0. The second-order valence-electron chi connectivity index (χ2n) is 4.83. The number of nitrogens with zero attached hydrogens (tertiary/aromatic N) is 1. The molecular weight excluding hydrogens is 282 g/mol. The first-order chi connectivity index (χ1) is 10.1. The average molecular weight is 301 g/mol. The number of rotatable bonds is 5. The van der Waals surface area contributed by atoms with E-state index < -0.39 is 11.0 Å². The van der Waals surface area contributed by atoms with E-state index in [-0.39, 0.29) is 5.91 Å². The summed E-state index contributed by atoms with van der Waals surface area (Å²) in [5.74, 6) is -0.113. The van der Waals surface area contributed by atoms with Crippen LogP contribution in [0.3, 0.4) is 0 Å². The molecule has 0 bridgehead atoms. The lowest BCUT2D eigenvalue weighted by Crippen LogP contribution is -2.31. The molecule has 0 aliphatic heterocycles. The van der Waals surface area contributed by atoms with Crippen molar-refractivity contribution in [3.63, 3.8) is 0 Å². The molecule has 2 rings (SSSR count). The zero-order valence-corrected chi connectivity index (χ0v) is 13.1. The van der Waals surface area contributed by atoms with Crippen LogP contribution < -0.4 is 0 Å². The summed E-state index contributed by atoms with van der Waals surface area (Å²) < 4.78 is 14.1. The molecule has 1 amide bonds. The Morgan fingerprint density at radius 1 is 1.05 bits per heavy atom. The van der Waals surface area contributed by atoms with Gasteiger partial charge in [0.1, 0.15) is 0 Å². The van der Waals surface area contributed by atoms with E-state index in [0.717, 1.165) is 11.1 Å². The fraction of sp³-hybridized carbons (Fsp3) is 0.235. The molecule has 2 aromatic carbocycles. The smallest absolute Gasteiger partial charge is 0.234 e. The van der Waals surface area contributed by atoms with Gasteiger partial charge in [-0.2, -0.15) is 0 Å². The topological polar surface area (TPSA) is 37.4 Å². The Balaban J connectivity index is 2.25. The molecule has 4 heteroatoms. The molecule has 1 atom stereocenters. The van der Waals surface area contributed by atoms with Crippen LogP contribution in [0, 0.1) is 6.92 Å². The highest BCUT2D eigenvalue weighted by Crippen LogP contribution is 2.16. The first kappa shape index (κ1) is 15.4. The van der Waals surface area contributed by atoms with Gasteiger partial charge in [0, 0.05) is 6.42 Å². The monoisotopic (exact) mass is 301 g/mol. The molecule has 110 valence electrons. The Bertz CT molecular complexity index is 623. The molecule has 3 nitrogen and oxygen atoms in total. The zero-order valence-electron chi connectivity index (χ0n) is 12.3. The highest BCUT2D eigenvalue weighted by molar-refractivity contribution is 7.83. The van der Waals surface area contributed by atoms with Crippen LogP contribution in [0.25, 0.3) is 0 Å². The lowest BCUT2D eigenvalue weighted by atomic mass is 10.2. The fourth-order valence-corrected chi connectivity index (χ4v) is 3.15. The Morgan fingerprint density at radius 3 is 2.24 bits per heavy atom. The average Bonchev–Trinajstić information content (AvgIpc) is 2.53. The summed E-state index contributed by atoms with van der Waals surface area (Å²) in [6.07, 6.45) is 0.338. The number of hydrogen-bond acceptors (Lipinski definition) is 2. The normalized spacial score (nSPS) is 11.9. The Hall–Kier alpha value is -1.94. The maximum Gasteiger partial charge on any atom is 0.234 e. The maximum atomic E-state index is 12.7. The standard InChI is InChI=1S/C17H19NO2S/c1-3-17(19)18(13-15-7-5-4-6-8-15)21(20)16-11-9-14(2)10-12-16/h4-12H,3,13H2,1-2H3/t21-/m0/s1. The van der Waals surface area contributed by atoms with Crippen LogP contribution in [0.15, 0.2) is 59.5 Å². The van der Waals surface area contributed by atoms with Crippen LogP contribution >= 0.6 is 0 Å². The molecule has 0 saturated carbocycles. The van der Waals surface area contributed by atoms with Gasteiger partial charge in [0.25, 0.3) is 0 Å². The summed E-state index contributed by atoms with van der Waals surface area (Å²) in [7, 11) is -1.48. The van der Waals surface area contributed by atoms with E-state index in [1.165, 1.54) is 4.31 Å². The largest absolute Gasteiger partial charge is 0.274 e. The molecule has 0 spiro atoms. The van der Waals surface area contributed by atoms with Crippen molar-refractivity contribution in [1.82, 2.24) is 4.31 Å². The van der Waals surface area contributed by atoms with E-state index in [2.05, 4.69) is 0 Å². The molecule has 0 saturated heterocycles. The van der Waals surface area contributed by atoms with Crippen LogP contribution in [0.1, 0.15) is 24.5 Å². The van der Waals surface area contributed by atoms with Gasteiger partial charge in [0.2, 0.25) is 5.91 Å². The third-order valence-electron chi connectivity index (χ3n) is 3.17. The van der Waals surface area contributed by atoms with Gasteiger partial charge in [-0.1, -0.05) is 55.0 Å². The molecule has 0 radical (unpaired) electrons. The number of carbonyl (C=O) groups is 1. The highest BCUT2D eigenvalue weighted by atomic mass is 32.2. The first-order valence-electron chi connectivity index (χ1n) is 6.94. The van der Waals surface area contributed by atoms with Gasteiger partial charge in [-0.15, -0.1) is 0 Å². The summed E-state index contributed by atoms with van der Waals surface area (Å²) in [5.41, 5.74) is 2.08. The molecule has 0 aromatic heterocycles. The molecule has 0 N–H and O–H groups in total. The zero-order chi connectivity index (χ0) is 15.2. The number of aryl methyl sites for hydroxylation is 1. The SMILES string of the molecule is CCC(=O)N(Cc1ccccc1)[S@@](=O)c1ccc(C)cc1. The highest BCUT2D eigenvalue weighted by Gasteiger charge is 2.20. The molecule has 21 heavy (non-hydrogen) atoms. The predicted molar refractivity (Wildman–Crippen MR) is 84.9 cm³/mol. The Morgan fingerprint density at radius 2 is 1.67 bits per heavy atom. The van der Waals surface area contributed by atoms with Gasteiger partial charge >= 0.3 is 0 Å². The number of carbonyl (C=O) groups excluding carboxylic acids is 1. The number of benzene rings is 2. The van der Waals surface area contributed by atoms with Crippen molar-refractivity contribution in [2.24, 2.45) is 0 Å². The van der Waals surface area contributed by atoms with Crippen molar-refractivity contribution in [3.05, 3.63) is 65.7 Å². The quantitative estimate of drug-likeness (QED) is 0.848. The molecule has 0 aliphatic rings. The summed E-state index contributed by atoms with van der Waals surface area (Å²) in [4.78, 5) is 12.8. The predicted octanol–water partition coefficient (Wildman–Crippen LogP) is 3.46. The van der Waals surface area contributed by atoms with Crippen LogP contribution in [0.5, 0.6) is 0 Å². The molecule has 0 heterocycles. The lowest BCUT2D eigenvalue weighted by molar-refractivity contribution is -0.126. The van der Waals surface area contributed by atoms with Crippen molar-refractivity contribution in [2.75, 3.05) is 0 Å². The second kappa shape index (κ2) is 7.18. The van der Waals surface area contributed by atoms with Crippen LogP contribution in [0.4, 0.5) is 0 Å². The van der Waals surface area contributed by atoms with E-state index in [1.54, 1.807) is 6.92 Å². The third kappa shape index (κ3) is 4.02. The second-order valence-corrected chi connectivity index (χ2v) is 6.24. The van der Waals surface area contributed by atoms with E-state index in [0.29, 0.717) is 17.9 Å². The first-order valence-corrected chi connectivity index (χ1v) is 8.05. The summed E-state index contributed by atoms with van der Waals surface area (Å²) in [6, 6.07) is 17.1. The van der Waals surface area contributed by atoms with Crippen LogP contribution in [-0.2, 0) is 22.3 Å². The minimum atomic E-state index is -1.48. The van der Waals surface area contributed by atoms with Crippen LogP contribution in [0.2, 0.25) is 0 Å². The van der Waals surface area contributed by atoms with Crippen molar-refractivity contribution in [1.29, 1.82) is 0 Å². The van der Waals surface area contributed by atoms with Gasteiger partial charge in [-0.3, -0.25) is 9.10 Å². The Labute approximate surface area is 128 Å². The van der Waals surface area contributed by atoms with Crippen molar-refractivity contribution in [3.8, 4) is 0 Å². The van der Waals surface area contributed by atoms with E-state index in [4.69, 9.17) is 0 Å².